The summed E-state index contributed by atoms with van der Waals surface area (Å²) in [6.07, 6.45) is 2.19. The molecule has 3 aromatic rings. The van der Waals surface area contributed by atoms with Crippen LogP contribution in [0, 0.1) is 6.92 Å². The van der Waals surface area contributed by atoms with Crippen molar-refractivity contribution in [2.75, 3.05) is 0 Å². The summed E-state index contributed by atoms with van der Waals surface area (Å²) >= 11 is 0. The van der Waals surface area contributed by atoms with Gasteiger partial charge in [0, 0.05) is 11.6 Å². The molecule has 4 rings (SSSR count). The van der Waals surface area contributed by atoms with E-state index in [1.165, 1.54) is 0 Å². The molecule has 1 saturated carbocycles. The molecule has 0 saturated heterocycles. The first-order chi connectivity index (χ1) is 11.7. The molecule has 0 aliphatic heterocycles. The number of aryl methyl sites for hydroxylation is 1. The molecular weight excluding hydrogens is 306 g/mol. The molecule has 1 fully saturated rings. The van der Waals surface area contributed by atoms with Gasteiger partial charge in [-0.15, -0.1) is 0 Å². The second kappa shape index (κ2) is 6.05. The second-order valence-electron chi connectivity index (χ2n) is 6.02. The first-order valence-corrected chi connectivity index (χ1v) is 7.95. The lowest BCUT2D eigenvalue weighted by Crippen LogP contribution is -2.24. The van der Waals surface area contributed by atoms with Crippen LogP contribution in [0.25, 0.3) is 11.1 Å². The number of nitrogens with zero attached hydrogens (tertiary/aromatic N) is 2. The van der Waals surface area contributed by atoms with Crippen molar-refractivity contribution in [2.24, 2.45) is 0 Å². The van der Waals surface area contributed by atoms with Gasteiger partial charge < -0.3 is 4.52 Å². The molecule has 2 heterocycles. The summed E-state index contributed by atoms with van der Waals surface area (Å²) in [5.41, 5.74) is 5.92. The van der Waals surface area contributed by atoms with E-state index in [-0.39, 0.29) is 5.91 Å². The highest BCUT2D eigenvalue weighted by molar-refractivity contribution is 6.05. The highest BCUT2D eigenvalue weighted by atomic mass is 16.6. The number of rotatable bonds is 5. The van der Waals surface area contributed by atoms with Crippen molar-refractivity contribution in [3.05, 3.63) is 58.9 Å². The molecule has 0 bridgehead atoms. The summed E-state index contributed by atoms with van der Waals surface area (Å²) in [5, 5.41) is 4.57. The van der Waals surface area contributed by atoms with Crippen LogP contribution in [0.1, 0.15) is 46.1 Å². The molecule has 122 valence electrons. The van der Waals surface area contributed by atoms with Crippen molar-refractivity contribution in [3.8, 4) is 0 Å². The molecule has 1 amide bonds. The standard InChI is InChI=1S/C18H17N3O3/c1-11-16-14(9-15(13-7-8-13)19-18(16)24-20-11)17(22)21-23-10-12-5-3-2-4-6-12/h2-6,9,13H,7-8,10H2,1H3,(H,21,22). The Morgan fingerprint density at radius 2 is 2.12 bits per heavy atom. The Morgan fingerprint density at radius 1 is 1.33 bits per heavy atom. The van der Waals surface area contributed by atoms with Gasteiger partial charge in [-0.3, -0.25) is 9.63 Å². The van der Waals surface area contributed by atoms with Crippen molar-refractivity contribution < 1.29 is 14.2 Å². The summed E-state index contributed by atoms with van der Waals surface area (Å²) in [7, 11) is 0. The third-order valence-corrected chi connectivity index (χ3v) is 4.12. The maximum atomic E-state index is 12.6. The maximum Gasteiger partial charge on any atom is 0.275 e. The Morgan fingerprint density at radius 3 is 2.88 bits per heavy atom. The summed E-state index contributed by atoms with van der Waals surface area (Å²) < 4.78 is 5.25. The van der Waals surface area contributed by atoms with Gasteiger partial charge in [0.25, 0.3) is 11.6 Å². The quantitative estimate of drug-likeness (QED) is 0.729. The van der Waals surface area contributed by atoms with Crippen molar-refractivity contribution in [1.82, 2.24) is 15.6 Å². The van der Waals surface area contributed by atoms with Crippen LogP contribution >= 0.6 is 0 Å². The van der Waals surface area contributed by atoms with Gasteiger partial charge in [-0.05, 0) is 31.4 Å². The SMILES string of the molecule is Cc1noc2nc(C3CC3)cc(C(=O)NOCc3ccccc3)c12. The van der Waals surface area contributed by atoms with Crippen LogP contribution in [0.3, 0.4) is 0 Å². The number of carbonyl (C=O) groups excluding carboxylic acids is 1. The van der Waals surface area contributed by atoms with Gasteiger partial charge in [0.1, 0.15) is 0 Å². The monoisotopic (exact) mass is 323 g/mol. The average molecular weight is 323 g/mol. The van der Waals surface area contributed by atoms with Gasteiger partial charge in [0.2, 0.25) is 0 Å². The molecule has 0 spiro atoms. The van der Waals surface area contributed by atoms with Gasteiger partial charge in [-0.1, -0.05) is 35.5 Å². The largest absolute Gasteiger partial charge is 0.336 e. The Hall–Kier alpha value is -2.73. The molecule has 6 heteroatoms. The molecule has 1 aromatic carbocycles. The van der Waals surface area contributed by atoms with Gasteiger partial charge >= 0.3 is 0 Å². The molecular formula is C18H17N3O3. The van der Waals surface area contributed by atoms with Crippen molar-refractivity contribution in [1.29, 1.82) is 0 Å². The number of amides is 1. The lowest BCUT2D eigenvalue weighted by Gasteiger charge is -2.08. The molecule has 2 aromatic heterocycles. The van der Waals surface area contributed by atoms with Gasteiger partial charge in [-0.2, -0.15) is 0 Å². The summed E-state index contributed by atoms with van der Waals surface area (Å²) in [6.45, 7) is 2.10. The lowest BCUT2D eigenvalue weighted by atomic mass is 10.1. The minimum Gasteiger partial charge on any atom is -0.336 e. The van der Waals surface area contributed by atoms with Gasteiger partial charge in [0.05, 0.1) is 23.3 Å². The fourth-order valence-electron chi connectivity index (χ4n) is 2.70. The van der Waals surface area contributed by atoms with Crippen molar-refractivity contribution in [2.45, 2.75) is 32.3 Å². The van der Waals surface area contributed by atoms with E-state index < -0.39 is 0 Å². The number of hydrogen-bond donors (Lipinski definition) is 1. The number of hydroxylamine groups is 1. The second-order valence-corrected chi connectivity index (χ2v) is 6.02. The van der Waals surface area contributed by atoms with Crippen LogP contribution in [-0.2, 0) is 11.4 Å². The third kappa shape index (κ3) is 2.88. The maximum absolute atomic E-state index is 12.6. The zero-order valence-corrected chi connectivity index (χ0v) is 13.3. The van der Waals surface area contributed by atoms with Crippen LogP contribution in [0.2, 0.25) is 0 Å². The molecule has 6 nitrogen and oxygen atoms in total. The number of nitrogens with one attached hydrogen (secondary N) is 1. The fraction of sp³-hybridized carbons (Fsp3) is 0.278. The predicted octanol–water partition coefficient (Wildman–Crippen LogP) is 3.27. The van der Waals surface area contributed by atoms with Gasteiger partial charge in [-0.25, -0.2) is 10.5 Å². The molecule has 1 aliphatic carbocycles. The van der Waals surface area contributed by atoms with Crippen LogP contribution in [0.4, 0.5) is 0 Å². The van der Waals surface area contributed by atoms with Crippen LogP contribution in [0.15, 0.2) is 40.9 Å². The van der Waals surface area contributed by atoms with E-state index in [1.54, 1.807) is 6.92 Å². The average Bonchev–Trinajstić information content (AvgIpc) is 3.39. The van der Waals surface area contributed by atoms with E-state index in [2.05, 4.69) is 15.6 Å². The number of pyridine rings is 1. The van der Waals surface area contributed by atoms with Crippen LogP contribution in [0.5, 0.6) is 0 Å². The highest BCUT2D eigenvalue weighted by Crippen LogP contribution is 2.40. The predicted molar refractivity (Wildman–Crippen MR) is 87.2 cm³/mol. The number of carbonyl (C=O) groups is 1. The van der Waals surface area contributed by atoms with Crippen molar-refractivity contribution in [3.63, 3.8) is 0 Å². The zero-order valence-electron chi connectivity index (χ0n) is 13.3. The van der Waals surface area contributed by atoms with E-state index >= 15 is 0 Å². The number of hydrogen-bond acceptors (Lipinski definition) is 5. The van der Waals surface area contributed by atoms with Crippen LogP contribution in [-0.4, -0.2) is 16.0 Å². The highest BCUT2D eigenvalue weighted by Gasteiger charge is 2.28. The molecule has 1 N–H and O–H groups in total. The van der Waals surface area contributed by atoms with Crippen molar-refractivity contribution >= 4 is 17.0 Å². The Labute approximate surface area is 138 Å². The molecule has 1 aliphatic rings. The van der Waals surface area contributed by atoms with Gasteiger partial charge in [0.15, 0.2) is 0 Å². The topological polar surface area (TPSA) is 77.2 Å². The van der Waals surface area contributed by atoms with E-state index in [0.717, 1.165) is 24.1 Å². The minimum absolute atomic E-state index is 0.304. The number of benzene rings is 1. The molecule has 0 radical (unpaired) electrons. The summed E-state index contributed by atoms with van der Waals surface area (Å²) in [5.74, 6) is 0.100. The Balaban J connectivity index is 1.55. The summed E-state index contributed by atoms with van der Waals surface area (Å²) in [6, 6.07) is 11.5. The third-order valence-electron chi connectivity index (χ3n) is 4.12. The molecule has 24 heavy (non-hydrogen) atoms. The molecule has 0 unspecified atom stereocenters. The Bertz CT molecular complexity index is 885. The van der Waals surface area contributed by atoms with E-state index in [9.17, 15) is 4.79 Å². The van der Waals surface area contributed by atoms with E-state index in [1.807, 2.05) is 36.4 Å². The van der Waals surface area contributed by atoms with E-state index in [0.29, 0.717) is 34.9 Å². The normalized spacial score (nSPS) is 14.0. The first kappa shape index (κ1) is 14.8. The minimum atomic E-state index is -0.313. The lowest BCUT2D eigenvalue weighted by molar-refractivity contribution is 0.0235. The fourth-order valence-corrected chi connectivity index (χ4v) is 2.70. The molecule has 0 atom stereocenters. The number of aromatic nitrogens is 2. The first-order valence-electron chi connectivity index (χ1n) is 7.95. The van der Waals surface area contributed by atoms with E-state index in [4.69, 9.17) is 9.36 Å². The zero-order chi connectivity index (χ0) is 16.5. The smallest absolute Gasteiger partial charge is 0.275 e. The number of fused-ring (bicyclic) bond motifs is 1. The van der Waals surface area contributed by atoms with Crippen LogP contribution < -0.4 is 5.48 Å². The Kier molecular flexibility index (Phi) is 3.74. The summed E-state index contributed by atoms with van der Waals surface area (Å²) in [4.78, 5) is 22.4.